The molecule has 0 aliphatic carbocycles. The molecule has 1 saturated heterocycles. The maximum Gasteiger partial charge on any atom is 0.293 e. The summed E-state index contributed by atoms with van der Waals surface area (Å²) in [6.45, 7) is 9.04. The standard InChI is InChI=1S/C9H13N5O.C5H10O2/c10-9-12-5-7(6-13-9)8(15)14-3-1-11-2-4-14;1-5(2,3)7-4-6/h5-6,11H,1-4H2,(H2,10,12,13);4H,1-3H3. The quantitative estimate of drug-likeness (QED) is 0.743. The fourth-order valence-corrected chi connectivity index (χ4v) is 1.64. The highest BCUT2D eigenvalue weighted by Crippen LogP contribution is 2.04. The van der Waals surface area contributed by atoms with E-state index in [2.05, 4.69) is 20.0 Å². The van der Waals surface area contributed by atoms with Crippen molar-refractivity contribution in [1.82, 2.24) is 20.2 Å². The van der Waals surface area contributed by atoms with Gasteiger partial charge in [-0.1, -0.05) is 0 Å². The normalized spacial score (nSPS) is 14.6. The molecule has 1 aliphatic rings. The summed E-state index contributed by atoms with van der Waals surface area (Å²) in [5.74, 6) is 0.156. The maximum atomic E-state index is 11.9. The smallest absolute Gasteiger partial charge is 0.293 e. The summed E-state index contributed by atoms with van der Waals surface area (Å²) in [6, 6.07) is 0. The van der Waals surface area contributed by atoms with E-state index in [4.69, 9.17) is 5.73 Å². The van der Waals surface area contributed by atoms with Gasteiger partial charge in [0.1, 0.15) is 5.60 Å². The van der Waals surface area contributed by atoms with Gasteiger partial charge < -0.3 is 20.7 Å². The number of piperazine rings is 1. The Bertz CT molecular complexity index is 478. The molecular formula is C14H23N5O3. The molecule has 1 aliphatic heterocycles. The SMILES string of the molecule is CC(C)(C)OC=O.Nc1ncc(C(=O)N2CCNCC2)cn1. The van der Waals surface area contributed by atoms with E-state index < -0.39 is 0 Å². The Morgan fingerprint density at radius 2 is 1.86 bits per heavy atom. The van der Waals surface area contributed by atoms with Gasteiger partial charge in [0.2, 0.25) is 5.95 Å². The molecule has 1 aromatic rings. The van der Waals surface area contributed by atoms with E-state index in [-0.39, 0.29) is 17.5 Å². The Hall–Kier alpha value is -2.22. The Labute approximate surface area is 130 Å². The Morgan fingerprint density at radius 1 is 1.32 bits per heavy atom. The van der Waals surface area contributed by atoms with Crippen molar-refractivity contribution in [2.75, 3.05) is 31.9 Å². The molecule has 0 unspecified atom stereocenters. The van der Waals surface area contributed by atoms with Crippen LogP contribution in [0.15, 0.2) is 12.4 Å². The number of anilines is 1. The molecule has 0 aromatic carbocycles. The zero-order valence-electron chi connectivity index (χ0n) is 13.2. The average Bonchev–Trinajstić information content (AvgIpc) is 2.48. The number of nitrogens with zero attached hydrogens (tertiary/aromatic N) is 3. The molecule has 2 rings (SSSR count). The molecule has 0 atom stereocenters. The van der Waals surface area contributed by atoms with Gasteiger partial charge in [0, 0.05) is 38.6 Å². The van der Waals surface area contributed by atoms with Gasteiger partial charge >= 0.3 is 0 Å². The van der Waals surface area contributed by atoms with Crippen LogP contribution < -0.4 is 11.1 Å². The molecule has 3 N–H and O–H groups in total. The number of ether oxygens (including phenoxy) is 1. The van der Waals surface area contributed by atoms with E-state index in [1.54, 1.807) is 4.90 Å². The summed E-state index contributed by atoms with van der Waals surface area (Å²) < 4.78 is 4.55. The van der Waals surface area contributed by atoms with Gasteiger partial charge in [0.05, 0.1) is 5.56 Å². The lowest BCUT2D eigenvalue weighted by Crippen LogP contribution is -2.46. The number of aromatic nitrogens is 2. The summed E-state index contributed by atoms with van der Waals surface area (Å²) in [4.78, 5) is 30.9. The number of carbonyl (C=O) groups excluding carboxylic acids is 2. The lowest BCUT2D eigenvalue weighted by Gasteiger charge is -2.27. The predicted molar refractivity (Wildman–Crippen MR) is 82.1 cm³/mol. The number of hydrogen-bond donors (Lipinski definition) is 2. The number of hydrogen-bond acceptors (Lipinski definition) is 7. The Balaban J connectivity index is 0.000000295. The molecule has 1 aromatic heterocycles. The molecule has 2 heterocycles. The highest BCUT2D eigenvalue weighted by atomic mass is 16.5. The molecule has 8 heteroatoms. The number of nitrogens with one attached hydrogen (secondary N) is 1. The second kappa shape index (κ2) is 8.28. The van der Waals surface area contributed by atoms with Crippen molar-refractivity contribution in [3.8, 4) is 0 Å². The largest absolute Gasteiger partial charge is 0.462 e. The predicted octanol–water partition coefficient (Wildman–Crippen LogP) is 0.0621. The average molecular weight is 309 g/mol. The third kappa shape index (κ3) is 6.49. The molecule has 1 amide bonds. The first-order valence-corrected chi connectivity index (χ1v) is 7.02. The first kappa shape index (κ1) is 17.8. The summed E-state index contributed by atoms with van der Waals surface area (Å²) in [6.07, 6.45) is 2.93. The Morgan fingerprint density at radius 3 is 2.27 bits per heavy atom. The van der Waals surface area contributed by atoms with Crippen LogP contribution in [0.3, 0.4) is 0 Å². The van der Waals surface area contributed by atoms with E-state index in [0.717, 1.165) is 26.2 Å². The maximum absolute atomic E-state index is 11.9. The molecule has 122 valence electrons. The van der Waals surface area contributed by atoms with Crippen LogP contribution in [0.1, 0.15) is 31.1 Å². The fourth-order valence-electron chi connectivity index (χ4n) is 1.64. The molecule has 8 nitrogen and oxygen atoms in total. The van der Waals surface area contributed by atoms with E-state index in [1.165, 1.54) is 12.4 Å². The van der Waals surface area contributed by atoms with E-state index >= 15 is 0 Å². The number of nitrogens with two attached hydrogens (primary N) is 1. The highest BCUT2D eigenvalue weighted by molar-refractivity contribution is 5.93. The molecule has 0 bridgehead atoms. The van der Waals surface area contributed by atoms with Gasteiger partial charge in [-0.25, -0.2) is 9.97 Å². The number of amides is 1. The van der Waals surface area contributed by atoms with Crippen LogP contribution >= 0.6 is 0 Å². The topological polar surface area (TPSA) is 110 Å². The van der Waals surface area contributed by atoms with Gasteiger partial charge in [-0.05, 0) is 20.8 Å². The lowest BCUT2D eigenvalue weighted by molar-refractivity contribution is -0.138. The minimum absolute atomic E-state index is 0.0310. The molecule has 0 saturated carbocycles. The first-order valence-electron chi connectivity index (χ1n) is 7.02. The van der Waals surface area contributed by atoms with Crippen LogP contribution in [-0.2, 0) is 9.53 Å². The third-order valence-electron chi connectivity index (χ3n) is 2.72. The van der Waals surface area contributed by atoms with Crippen molar-refractivity contribution in [3.05, 3.63) is 18.0 Å². The van der Waals surface area contributed by atoms with Crippen LogP contribution in [0.25, 0.3) is 0 Å². The summed E-state index contributed by atoms with van der Waals surface area (Å²) in [7, 11) is 0. The van der Waals surface area contributed by atoms with Gasteiger partial charge in [-0.2, -0.15) is 0 Å². The first-order chi connectivity index (χ1) is 10.3. The van der Waals surface area contributed by atoms with Crippen molar-refractivity contribution in [3.63, 3.8) is 0 Å². The molecular weight excluding hydrogens is 286 g/mol. The van der Waals surface area contributed by atoms with Crippen LogP contribution in [0.2, 0.25) is 0 Å². The molecule has 1 fully saturated rings. The molecule has 0 radical (unpaired) electrons. The van der Waals surface area contributed by atoms with Gasteiger partial charge in [0.25, 0.3) is 12.4 Å². The van der Waals surface area contributed by atoms with Gasteiger partial charge in [0.15, 0.2) is 0 Å². The van der Waals surface area contributed by atoms with Crippen LogP contribution in [-0.4, -0.2) is 59.0 Å². The summed E-state index contributed by atoms with van der Waals surface area (Å²) in [5, 5.41) is 3.19. The zero-order valence-corrected chi connectivity index (χ0v) is 13.2. The van der Waals surface area contributed by atoms with E-state index in [9.17, 15) is 9.59 Å². The van der Waals surface area contributed by atoms with E-state index in [0.29, 0.717) is 12.0 Å². The van der Waals surface area contributed by atoms with Crippen molar-refractivity contribution in [1.29, 1.82) is 0 Å². The van der Waals surface area contributed by atoms with Gasteiger partial charge in [-0.3, -0.25) is 9.59 Å². The number of nitrogen functional groups attached to an aromatic ring is 1. The summed E-state index contributed by atoms with van der Waals surface area (Å²) in [5.41, 5.74) is 5.52. The Kier molecular flexibility index (Phi) is 6.71. The lowest BCUT2D eigenvalue weighted by atomic mass is 10.2. The van der Waals surface area contributed by atoms with Crippen molar-refractivity contribution in [2.45, 2.75) is 26.4 Å². The van der Waals surface area contributed by atoms with Crippen molar-refractivity contribution >= 4 is 18.3 Å². The van der Waals surface area contributed by atoms with Crippen molar-refractivity contribution in [2.24, 2.45) is 0 Å². The second-order valence-corrected chi connectivity index (χ2v) is 5.70. The van der Waals surface area contributed by atoms with Crippen LogP contribution in [0, 0.1) is 0 Å². The molecule has 22 heavy (non-hydrogen) atoms. The summed E-state index contributed by atoms with van der Waals surface area (Å²) >= 11 is 0. The minimum atomic E-state index is -0.318. The van der Waals surface area contributed by atoms with Gasteiger partial charge in [-0.15, -0.1) is 0 Å². The second-order valence-electron chi connectivity index (χ2n) is 5.70. The van der Waals surface area contributed by atoms with Crippen molar-refractivity contribution < 1.29 is 14.3 Å². The van der Waals surface area contributed by atoms with Crippen LogP contribution in [0.4, 0.5) is 5.95 Å². The third-order valence-corrected chi connectivity index (χ3v) is 2.72. The van der Waals surface area contributed by atoms with Crippen LogP contribution in [0.5, 0.6) is 0 Å². The monoisotopic (exact) mass is 309 g/mol. The number of rotatable bonds is 2. The number of carbonyl (C=O) groups is 2. The fraction of sp³-hybridized carbons (Fsp3) is 0.571. The zero-order chi connectivity index (χ0) is 16.6. The molecule has 0 spiro atoms. The van der Waals surface area contributed by atoms with E-state index in [1.807, 2.05) is 20.8 Å². The highest BCUT2D eigenvalue weighted by Gasteiger charge is 2.18. The minimum Gasteiger partial charge on any atom is -0.462 e.